The zero-order valence-corrected chi connectivity index (χ0v) is 26.2. The van der Waals surface area contributed by atoms with E-state index in [9.17, 15) is 4.79 Å². The number of nitrogens with one attached hydrogen (secondary N) is 1. The van der Waals surface area contributed by atoms with E-state index in [1.807, 2.05) is 19.9 Å². The highest BCUT2D eigenvalue weighted by atomic mass is 35.5. The van der Waals surface area contributed by atoms with Crippen LogP contribution in [0.5, 0.6) is 0 Å². The Labute approximate surface area is 250 Å². The third kappa shape index (κ3) is 8.23. The number of aromatic nitrogens is 2. The topological polar surface area (TPSA) is 99.9 Å². The number of ether oxygens (including phenoxy) is 1. The maximum absolute atomic E-state index is 12.5. The van der Waals surface area contributed by atoms with Gasteiger partial charge in [0.15, 0.2) is 22.5 Å². The van der Waals surface area contributed by atoms with E-state index in [4.69, 9.17) is 22.1 Å². The number of anilines is 2. The number of allylic oxidation sites excluding steroid dienone is 3. The van der Waals surface area contributed by atoms with E-state index >= 15 is 0 Å². The summed E-state index contributed by atoms with van der Waals surface area (Å²) in [6.07, 6.45) is 11.6. The van der Waals surface area contributed by atoms with Crippen molar-refractivity contribution in [1.82, 2.24) is 25.1 Å². The Hall–Kier alpha value is -2.62. The first kappa shape index (κ1) is 31.3. The second-order valence-electron chi connectivity index (χ2n) is 11.6. The summed E-state index contributed by atoms with van der Waals surface area (Å²) >= 11 is 6.55. The lowest BCUT2D eigenvalue weighted by Gasteiger charge is -2.47. The van der Waals surface area contributed by atoms with Crippen molar-refractivity contribution in [3.05, 3.63) is 46.0 Å². The molecule has 1 aliphatic carbocycles. The first-order chi connectivity index (χ1) is 19.7. The summed E-state index contributed by atoms with van der Waals surface area (Å²) < 4.78 is 6.07. The number of halogens is 1. The second kappa shape index (κ2) is 14.5. The largest absolute Gasteiger partial charge is 0.494 e. The zero-order valence-electron chi connectivity index (χ0n) is 25.5. The number of likely N-dealkylation sites (tertiary alicyclic amines) is 1. The van der Waals surface area contributed by atoms with Crippen molar-refractivity contribution >= 4 is 29.1 Å². The molecule has 0 bridgehead atoms. The van der Waals surface area contributed by atoms with Gasteiger partial charge in [-0.15, -0.1) is 0 Å². The summed E-state index contributed by atoms with van der Waals surface area (Å²) in [6.45, 7) is 16.9. The van der Waals surface area contributed by atoms with Gasteiger partial charge >= 0.3 is 0 Å². The lowest BCUT2D eigenvalue weighted by molar-refractivity contribution is 0.0653. The van der Waals surface area contributed by atoms with Crippen molar-refractivity contribution < 1.29 is 9.53 Å². The number of hydrogen-bond acceptors (Lipinski definition) is 8. The molecule has 1 amide bonds. The third-order valence-corrected chi connectivity index (χ3v) is 8.84. The van der Waals surface area contributed by atoms with E-state index in [0.717, 1.165) is 77.1 Å². The molecule has 2 saturated heterocycles. The molecular weight excluding hydrogens is 538 g/mol. The van der Waals surface area contributed by atoms with Crippen molar-refractivity contribution in [2.24, 2.45) is 0 Å². The summed E-state index contributed by atoms with van der Waals surface area (Å²) in [6, 6.07) is 1.18. The van der Waals surface area contributed by atoms with Gasteiger partial charge in [0.05, 0.1) is 5.76 Å². The van der Waals surface area contributed by atoms with E-state index in [0.29, 0.717) is 24.5 Å². The van der Waals surface area contributed by atoms with Gasteiger partial charge in [-0.3, -0.25) is 14.6 Å². The number of piperidine rings is 1. The van der Waals surface area contributed by atoms with Crippen LogP contribution in [-0.2, 0) is 4.74 Å². The van der Waals surface area contributed by atoms with E-state index in [1.54, 1.807) is 0 Å². The first-order valence-electron chi connectivity index (χ1n) is 15.2. The molecule has 0 radical (unpaired) electrons. The lowest BCUT2D eigenvalue weighted by Crippen LogP contribution is -2.58. The number of carbonyl (C=O) groups is 1. The predicted octanol–water partition coefficient (Wildman–Crippen LogP) is 4.80. The van der Waals surface area contributed by atoms with E-state index in [2.05, 4.69) is 62.9 Å². The molecule has 3 heterocycles. The van der Waals surface area contributed by atoms with Gasteiger partial charge in [-0.25, -0.2) is 9.97 Å². The summed E-state index contributed by atoms with van der Waals surface area (Å²) in [5, 5.41) is 3.15. The van der Waals surface area contributed by atoms with Gasteiger partial charge in [-0.05, 0) is 84.0 Å². The highest BCUT2D eigenvalue weighted by Gasteiger charge is 2.35. The molecule has 9 nitrogen and oxygen atoms in total. The molecule has 3 aliphatic rings. The van der Waals surface area contributed by atoms with Crippen LogP contribution in [0.4, 0.5) is 11.6 Å². The highest BCUT2D eigenvalue weighted by Crippen LogP contribution is 2.30. The summed E-state index contributed by atoms with van der Waals surface area (Å²) in [5.74, 6) is 1.44. The van der Waals surface area contributed by atoms with Gasteiger partial charge in [-0.1, -0.05) is 36.8 Å². The van der Waals surface area contributed by atoms with Gasteiger partial charge in [-0.2, -0.15) is 0 Å². The van der Waals surface area contributed by atoms with Crippen molar-refractivity contribution in [3.63, 3.8) is 0 Å². The Kier molecular flexibility index (Phi) is 11.1. The van der Waals surface area contributed by atoms with Crippen molar-refractivity contribution in [3.8, 4) is 0 Å². The molecule has 0 spiro atoms. The van der Waals surface area contributed by atoms with Crippen LogP contribution >= 0.6 is 11.6 Å². The fraction of sp³-hybridized carbons (Fsp3) is 0.645. The van der Waals surface area contributed by atoms with Crippen LogP contribution in [0.3, 0.4) is 0 Å². The molecule has 4 rings (SSSR count). The molecule has 1 saturated carbocycles. The Balaban J connectivity index is 1.30. The number of carbonyl (C=O) groups excluding carboxylic acids is 1. The fourth-order valence-electron chi connectivity index (χ4n) is 5.79. The first-order valence-corrected chi connectivity index (χ1v) is 15.6. The maximum atomic E-state index is 12.5. The molecule has 3 N–H and O–H groups in total. The minimum Gasteiger partial charge on any atom is -0.494 e. The highest BCUT2D eigenvalue weighted by molar-refractivity contribution is 6.32. The molecule has 3 fully saturated rings. The quantitative estimate of drug-likeness (QED) is 0.282. The molecular formula is C31H48ClN7O2. The van der Waals surface area contributed by atoms with Crippen LogP contribution in [0.2, 0.25) is 5.15 Å². The average molecular weight is 586 g/mol. The molecule has 1 atom stereocenters. The third-order valence-electron chi connectivity index (χ3n) is 8.58. The molecule has 1 unspecified atom stereocenters. The van der Waals surface area contributed by atoms with Crippen LogP contribution in [0.15, 0.2) is 35.1 Å². The van der Waals surface area contributed by atoms with Crippen LogP contribution in [-0.4, -0.2) is 89.7 Å². The Morgan fingerprint density at radius 3 is 2.49 bits per heavy atom. The fourth-order valence-corrected chi connectivity index (χ4v) is 6.03. The summed E-state index contributed by atoms with van der Waals surface area (Å²) in [7, 11) is 0. The van der Waals surface area contributed by atoms with Gasteiger partial charge < -0.3 is 20.7 Å². The number of hydrogen-bond donors (Lipinski definition) is 2. The molecule has 41 heavy (non-hydrogen) atoms. The van der Waals surface area contributed by atoms with Crippen LogP contribution in [0.25, 0.3) is 0 Å². The average Bonchev–Trinajstić information content (AvgIpc) is 3.80. The minimum absolute atomic E-state index is 0.117. The van der Waals surface area contributed by atoms with Crippen LogP contribution in [0.1, 0.15) is 77.2 Å². The number of piperazine rings is 1. The number of nitrogens with two attached hydrogens (primary N) is 1. The van der Waals surface area contributed by atoms with Gasteiger partial charge in [0.1, 0.15) is 6.61 Å². The minimum atomic E-state index is -0.297. The molecule has 2 aliphatic heterocycles. The Morgan fingerprint density at radius 2 is 1.85 bits per heavy atom. The zero-order chi connectivity index (χ0) is 29.5. The van der Waals surface area contributed by atoms with Crippen LogP contribution in [0, 0.1) is 0 Å². The Bertz CT molecular complexity index is 1160. The molecule has 1 aromatic rings. The maximum Gasteiger partial charge on any atom is 0.274 e. The van der Waals surface area contributed by atoms with Gasteiger partial charge in [0.2, 0.25) is 0 Å². The van der Waals surface area contributed by atoms with E-state index < -0.39 is 0 Å². The second-order valence-corrected chi connectivity index (χ2v) is 11.9. The number of nitrogens with zero attached hydrogens (tertiary/aromatic N) is 5. The number of amides is 1. The summed E-state index contributed by atoms with van der Waals surface area (Å²) in [4.78, 5) is 28.8. The van der Waals surface area contributed by atoms with E-state index in [1.165, 1.54) is 11.1 Å². The van der Waals surface area contributed by atoms with Crippen molar-refractivity contribution in [1.29, 1.82) is 0 Å². The SMILES string of the molecule is C/C=C\C(=C/C)CO/C(C)=C(\C)CN1CCC(N2CCN(c3nc(N)c(C(=O)NC4CC4)nc3Cl)CC2CC)CC1. The monoisotopic (exact) mass is 585 g/mol. The molecule has 0 aromatic carbocycles. The van der Waals surface area contributed by atoms with Crippen molar-refractivity contribution in [2.75, 3.05) is 56.5 Å². The standard InChI is InChI=1S/C31H48ClN7O2/c1-6-9-23(7-2)20-41-22(5)21(4)18-37-14-12-26(13-15-37)39-17-16-38(19-25(39)8-3)30-28(32)35-27(29(33)36-30)31(40)34-24-10-11-24/h6-7,9,24-26H,8,10-20H2,1-5H3,(H2,33,36)(H,34,40)/b9-6-,22-21+,23-7+. The molecule has 10 heteroatoms. The predicted molar refractivity (Wildman–Crippen MR) is 167 cm³/mol. The number of rotatable bonds is 11. The van der Waals surface area contributed by atoms with Gasteiger partial charge in [0.25, 0.3) is 5.91 Å². The summed E-state index contributed by atoms with van der Waals surface area (Å²) in [5.41, 5.74) is 8.78. The van der Waals surface area contributed by atoms with E-state index in [-0.39, 0.29) is 28.6 Å². The molecule has 1 aromatic heterocycles. The Morgan fingerprint density at radius 1 is 1.12 bits per heavy atom. The molecule has 226 valence electrons. The number of nitrogen functional groups attached to an aromatic ring is 1. The van der Waals surface area contributed by atoms with Crippen LogP contribution < -0.4 is 16.0 Å². The van der Waals surface area contributed by atoms with Gasteiger partial charge in [0, 0.05) is 44.3 Å². The lowest BCUT2D eigenvalue weighted by atomic mass is 9.98. The van der Waals surface area contributed by atoms with Crippen molar-refractivity contribution in [2.45, 2.75) is 84.8 Å². The normalized spacial score (nSPS) is 22.2. The smallest absolute Gasteiger partial charge is 0.274 e.